The maximum atomic E-state index is 12.9. The summed E-state index contributed by atoms with van der Waals surface area (Å²) in [5.41, 5.74) is 4.23. The van der Waals surface area contributed by atoms with E-state index in [1.807, 2.05) is 0 Å². The van der Waals surface area contributed by atoms with Gasteiger partial charge in [0, 0.05) is 5.02 Å². The molecule has 3 aromatic rings. The molecule has 0 fully saturated rings. The van der Waals surface area contributed by atoms with Crippen LogP contribution >= 0.6 is 11.6 Å². The van der Waals surface area contributed by atoms with Crippen molar-refractivity contribution in [2.24, 2.45) is 0 Å². The summed E-state index contributed by atoms with van der Waals surface area (Å²) >= 11 is 5.78. The summed E-state index contributed by atoms with van der Waals surface area (Å²) in [7, 11) is 0. The third-order valence-electron chi connectivity index (χ3n) is 3.57. The molecule has 2 amide bonds. The molecular formula is C19H14ClFN2O5. The Kier molecular flexibility index (Phi) is 5.81. The third kappa shape index (κ3) is 4.80. The Morgan fingerprint density at radius 2 is 1.75 bits per heavy atom. The summed E-state index contributed by atoms with van der Waals surface area (Å²) in [6.07, 6.45) is 0. The highest BCUT2D eigenvalue weighted by molar-refractivity contribution is 6.31. The average molecular weight is 405 g/mol. The molecule has 9 heteroatoms. The van der Waals surface area contributed by atoms with Crippen LogP contribution in [0.2, 0.25) is 5.02 Å². The van der Waals surface area contributed by atoms with Crippen molar-refractivity contribution in [3.63, 3.8) is 0 Å². The van der Waals surface area contributed by atoms with Gasteiger partial charge in [0.1, 0.15) is 29.7 Å². The normalized spacial score (nSPS) is 10.4. The topological polar surface area (TPSA) is 101 Å². The van der Waals surface area contributed by atoms with E-state index in [1.54, 1.807) is 0 Å². The van der Waals surface area contributed by atoms with Crippen LogP contribution in [0.1, 0.15) is 26.7 Å². The van der Waals surface area contributed by atoms with Crippen molar-refractivity contribution in [3.8, 4) is 11.5 Å². The minimum atomic E-state index is -0.750. The second kappa shape index (κ2) is 8.45. The number of phenolic OH excluding ortho intramolecular Hbond substituents is 1. The van der Waals surface area contributed by atoms with Gasteiger partial charge in [-0.3, -0.25) is 20.4 Å². The molecule has 144 valence electrons. The number of hydrogen-bond acceptors (Lipinski definition) is 5. The van der Waals surface area contributed by atoms with E-state index in [1.165, 1.54) is 54.6 Å². The molecule has 28 heavy (non-hydrogen) atoms. The number of carbonyl (C=O) groups excluding carboxylic acids is 2. The molecule has 0 spiro atoms. The zero-order chi connectivity index (χ0) is 20.1. The van der Waals surface area contributed by atoms with Gasteiger partial charge < -0.3 is 14.3 Å². The summed E-state index contributed by atoms with van der Waals surface area (Å²) in [5.74, 6) is -1.38. The average Bonchev–Trinajstić information content (AvgIpc) is 3.16. The SMILES string of the molecule is O=C(NNC(=O)c1cc(Cl)ccc1O)c1ccc(COc2ccc(F)cc2)o1. The second-order valence-corrected chi connectivity index (χ2v) is 6.01. The van der Waals surface area contributed by atoms with Gasteiger partial charge in [-0.25, -0.2) is 4.39 Å². The predicted molar refractivity (Wildman–Crippen MR) is 97.5 cm³/mol. The molecule has 0 saturated heterocycles. The zero-order valence-electron chi connectivity index (χ0n) is 14.2. The smallest absolute Gasteiger partial charge is 0.305 e. The highest BCUT2D eigenvalue weighted by atomic mass is 35.5. The number of ether oxygens (including phenoxy) is 1. The van der Waals surface area contributed by atoms with Gasteiger partial charge in [-0.05, 0) is 54.6 Å². The summed E-state index contributed by atoms with van der Waals surface area (Å²) < 4.78 is 23.6. The molecule has 0 aliphatic rings. The summed E-state index contributed by atoms with van der Waals surface area (Å²) in [6, 6.07) is 12.3. The van der Waals surface area contributed by atoms with Crippen LogP contribution in [0, 0.1) is 5.82 Å². The molecule has 0 atom stereocenters. The Morgan fingerprint density at radius 1 is 1.04 bits per heavy atom. The van der Waals surface area contributed by atoms with Crippen molar-refractivity contribution >= 4 is 23.4 Å². The monoisotopic (exact) mass is 404 g/mol. The standard InChI is InChI=1S/C19H14ClFN2O5/c20-11-1-7-16(24)15(9-11)18(25)22-23-19(26)17-8-6-14(28-17)10-27-13-4-2-12(21)3-5-13/h1-9,24H,10H2,(H,22,25)(H,23,26). The van der Waals surface area contributed by atoms with Crippen molar-refractivity contribution in [1.82, 2.24) is 10.9 Å². The van der Waals surface area contributed by atoms with E-state index in [0.29, 0.717) is 11.5 Å². The van der Waals surface area contributed by atoms with Crippen LogP contribution < -0.4 is 15.6 Å². The molecule has 0 aliphatic carbocycles. The molecular weight excluding hydrogens is 391 g/mol. The maximum Gasteiger partial charge on any atom is 0.305 e. The first kappa shape index (κ1) is 19.2. The number of benzene rings is 2. The number of rotatable bonds is 5. The molecule has 0 unspecified atom stereocenters. The van der Waals surface area contributed by atoms with Gasteiger partial charge in [-0.1, -0.05) is 11.6 Å². The molecule has 2 aromatic carbocycles. The van der Waals surface area contributed by atoms with Gasteiger partial charge in [0.25, 0.3) is 5.91 Å². The number of amides is 2. The van der Waals surface area contributed by atoms with E-state index in [0.717, 1.165) is 0 Å². The summed E-state index contributed by atoms with van der Waals surface area (Å²) in [5, 5.41) is 9.93. The quantitative estimate of drug-likeness (QED) is 0.565. The lowest BCUT2D eigenvalue weighted by molar-refractivity contribution is 0.0827. The van der Waals surface area contributed by atoms with Gasteiger partial charge in [-0.2, -0.15) is 0 Å². The highest BCUT2D eigenvalue weighted by Crippen LogP contribution is 2.21. The maximum absolute atomic E-state index is 12.9. The molecule has 1 heterocycles. The first-order valence-electron chi connectivity index (χ1n) is 7.98. The molecule has 3 N–H and O–H groups in total. The Labute approximate surface area is 163 Å². The van der Waals surface area contributed by atoms with Crippen LogP contribution in [0.5, 0.6) is 11.5 Å². The number of nitrogens with one attached hydrogen (secondary N) is 2. The Hall–Kier alpha value is -3.52. The van der Waals surface area contributed by atoms with Crippen molar-refractivity contribution in [2.45, 2.75) is 6.61 Å². The lowest BCUT2D eigenvalue weighted by atomic mass is 10.2. The molecule has 0 saturated carbocycles. The van der Waals surface area contributed by atoms with Gasteiger partial charge in [0.2, 0.25) is 0 Å². The third-order valence-corrected chi connectivity index (χ3v) is 3.81. The Morgan fingerprint density at radius 3 is 2.50 bits per heavy atom. The fourth-order valence-electron chi connectivity index (χ4n) is 2.20. The van der Waals surface area contributed by atoms with Crippen LogP contribution in [0.15, 0.2) is 59.0 Å². The van der Waals surface area contributed by atoms with Crippen LogP contribution in [0.25, 0.3) is 0 Å². The van der Waals surface area contributed by atoms with Gasteiger partial charge in [0.15, 0.2) is 5.76 Å². The first-order chi connectivity index (χ1) is 13.4. The fourth-order valence-corrected chi connectivity index (χ4v) is 2.37. The fraction of sp³-hybridized carbons (Fsp3) is 0.0526. The van der Waals surface area contributed by atoms with E-state index >= 15 is 0 Å². The summed E-state index contributed by atoms with van der Waals surface area (Å²) in [4.78, 5) is 24.1. The van der Waals surface area contributed by atoms with E-state index < -0.39 is 11.8 Å². The minimum absolute atomic E-state index is 0.0294. The predicted octanol–water partition coefficient (Wildman–Crippen LogP) is 3.43. The largest absolute Gasteiger partial charge is 0.507 e. The van der Waals surface area contributed by atoms with Crippen LogP contribution in [-0.2, 0) is 6.61 Å². The van der Waals surface area contributed by atoms with Crippen molar-refractivity contribution < 1.29 is 28.2 Å². The number of hydrazine groups is 1. The molecule has 1 aromatic heterocycles. The molecule has 7 nitrogen and oxygen atoms in total. The molecule has 0 radical (unpaired) electrons. The number of phenols is 1. The number of halogens is 2. The van der Waals surface area contributed by atoms with Crippen LogP contribution in [0.4, 0.5) is 4.39 Å². The van der Waals surface area contributed by atoms with Crippen molar-refractivity contribution in [3.05, 3.63) is 82.5 Å². The van der Waals surface area contributed by atoms with Gasteiger partial charge >= 0.3 is 5.91 Å². The zero-order valence-corrected chi connectivity index (χ0v) is 15.0. The van der Waals surface area contributed by atoms with Crippen LogP contribution in [-0.4, -0.2) is 16.9 Å². The number of carbonyl (C=O) groups is 2. The Bertz CT molecular complexity index is 1000. The minimum Gasteiger partial charge on any atom is -0.507 e. The van der Waals surface area contributed by atoms with E-state index in [4.69, 9.17) is 20.8 Å². The lowest BCUT2D eigenvalue weighted by Crippen LogP contribution is -2.41. The molecule has 0 bridgehead atoms. The van der Waals surface area contributed by atoms with Crippen molar-refractivity contribution in [2.75, 3.05) is 0 Å². The lowest BCUT2D eigenvalue weighted by Gasteiger charge is -2.08. The summed E-state index contributed by atoms with van der Waals surface area (Å²) in [6.45, 7) is 0.0294. The molecule has 0 aliphatic heterocycles. The second-order valence-electron chi connectivity index (χ2n) is 5.58. The highest BCUT2D eigenvalue weighted by Gasteiger charge is 2.15. The first-order valence-corrected chi connectivity index (χ1v) is 8.36. The number of hydrogen-bond donors (Lipinski definition) is 3. The number of furan rings is 1. The van der Waals surface area contributed by atoms with E-state index in [9.17, 15) is 19.1 Å². The Balaban J connectivity index is 1.54. The molecule has 3 rings (SSSR count). The van der Waals surface area contributed by atoms with Gasteiger partial charge in [0.05, 0.1) is 5.56 Å². The number of aromatic hydroxyl groups is 1. The van der Waals surface area contributed by atoms with Gasteiger partial charge in [-0.15, -0.1) is 0 Å². The van der Waals surface area contributed by atoms with Crippen LogP contribution in [0.3, 0.4) is 0 Å². The van der Waals surface area contributed by atoms with Crippen molar-refractivity contribution in [1.29, 1.82) is 0 Å². The van der Waals surface area contributed by atoms with E-state index in [-0.39, 0.29) is 34.5 Å². The van der Waals surface area contributed by atoms with E-state index in [2.05, 4.69) is 10.9 Å².